The first-order valence-corrected chi connectivity index (χ1v) is 6.63. The molecule has 3 nitrogen and oxygen atoms in total. The third-order valence-electron chi connectivity index (χ3n) is 3.60. The molecular weight excluding hydrogens is 210 g/mol. The molecule has 2 rings (SSSR count). The highest BCUT2D eigenvalue weighted by atomic mass is 15.2. The van der Waals surface area contributed by atoms with Crippen LogP contribution in [0.2, 0.25) is 0 Å². The summed E-state index contributed by atoms with van der Waals surface area (Å²) in [5.41, 5.74) is 2.66. The van der Waals surface area contributed by atoms with E-state index in [1.54, 1.807) is 0 Å². The van der Waals surface area contributed by atoms with E-state index in [1.807, 2.05) is 19.3 Å². The summed E-state index contributed by atoms with van der Waals surface area (Å²) in [4.78, 5) is 7.06. The number of hydrogen-bond acceptors (Lipinski definition) is 3. The molecule has 94 valence electrons. The molecule has 3 heteroatoms. The van der Waals surface area contributed by atoms with E-state index in [0.717, 1.165) is 25.4 Å². The van der Waals surface area contributed by atoms with Crippen molar-refractivity contribution in [2.45, 2.75) is 26.3 Å². The lowest BCUT2D eigenvalue weighted by Gasteiger charge is -2.17. The van der Waals surface area contributed by atoms with Crippen LogP contribution >= 0.6 is 0 Å². The molecule has 1 aliphatic heterocycles. The van der Waals surface area contributed by atoms with Crippen LogP contribution in [-0.4, -0.2) is 36.6 Å². The van der Waals surface area contributed by atoms with Crippen LogP contribution in [0.25, 0.3) is 0 Å². The predicted molar refractivity (Wildman–Crippen MR) is 70.9 cm³/mol. The number of aryl methyl sites for hydroxylation is 1. The van der Waals surface area contributed by atoms with E-state index >= 15 is 0 Å². The first-order chi connectivity index (χ1) is 8.33. The van der Waals surface area contributed by atoms with Gasteiger partial charge >= 0.3 is 0 Å². The Balaban J connectivity index is 1.93. The molecule has 0 bridgehead atoms. The predicted octanol–water partition coefficient (Wildman–Crippen LogP) is 1.69. The normalized spacial score (nSPS) is 20.9. The van der Waals surface area contributed by atoms with Crippen molar-refractivity contribution < 1.29 is 0 Å². The monoisotopic (exact) mass is 233 g/mol. The van der Waals surface area contributed by atoms with Crippen molar-refractivity contribution in [1.82, 2.24) is 15.2 Å². The Bertz CT molecular complexity index is 351. The Hall–Kier alpha value is -0.930. The van der Waals surface area contributed by atoms with Crippen molar-refractivity contribution >= 4 is 0 Å². The average molecular weight is 233 g/mol. The first-order valence-electron chi connectivity index (χ1n) is 6.63. The molecule has 1 atom stereocenters. The van der Waals surface area contributed by atoms with Crippen molar-refractivity contribution in [3.63, 3.8) is 0 Å². The Labute approximate surface area is 104 Å². The van der Waals surface area contributed by atoms with Crippen molar-refractivity contribution in [1.29, 1.82) is 0 Å². The number of pyridine rings is 1. The molecule has 1 unspecified atom stereocenters. The number of aromatic nitrogens is 1. The van der Waals surface area contributed by atoms with Gasteiger partial charge in [0.15, 0.2) is 0 Å². The second kappa shape index (κ2) is 6.12. The highest BCUT2D eigenvalue weighted by Crippen LogP contribution is 2.18. The average Bonchev–Trinajstić information content (AvgIpc) is 2.78. The summed E-state index contributed by atoms with van der Waals surface area (Å²) in [5, 5.41) is 3.27. The van der Waals surface area contributed by atoms with Gasteiger partial charge in [0.25, 0.3) is 0 Å². The van der Waals surface area contributed by atoms with Gasteiger partial charge in [0, 0.05) is 19.3 Å². The molecule has 1 aliphatic rings. The van der Waals surface area contributed by atoms with E-state index in [1.165, 1.54) is 30.8 Å². The van der Waals surface area contributed by atoms with Gasteiger partial charge in [-0.1, -0.05) is 13.0 Å². The molecular formula is C14H23N3. The maximum atomic E-state index is 4.53. The molecule has 1 N–H and O–H groups in total. The zero-order chi connectivity index (χ0) is 12.1. The van der Waals surface area contributed by atoms with E-state index in [-0.39, 0.29) is 0 Å². The fraction of sp³-hybridized carbons (Fsp3) is 0.643. The van der Waals surface area contributed by atoms with Crippen molar-refractivity contribution in [2.24, 2.45) is 5.92 Å². The summed E-state index contributed by atoms with van der Waals surface area (Å²) in [6.07, 6.45) is 4.31. The molecule has 0 aliphatic carbocycles. The van der Waals surface area contributed by atoms with E-state index in [4.69, 9.17) is 0 Å². The molecule has 0 aromatic carbocycles. The summed E-state index contributed by atoms with van der Waals surface area (Å²) in [7, 11) is 2.04. The molecule has 17 heavy (non-hydrogen) atoms. The lowest BCUT2D eigenvalue weighted by atomic mass is 10.1. The minimum absolute atomic E-state index is 0.814. The summed E-state index contributed by atoms with van der Waals surface area (Å²) >= 11 is 0. The summed E-state index contributed by atoms with van der Waals surface area (Å²) < 4.78 is 0. The van der Waals surface area contributed by atoms with Crippen LogP contribution in [0.15, 0.2) is 18.3 Å². The number of nitrogens with zero attached hydrogens (tertiary/aromatic N) is 2. The van der Waals surface area contributed by atoms with Crippen molar-refractivity contribution in [3.8, 4) is 0 Å². The molecule has 0 saturated carbocycles. The van der Waals surface area contributed by atoms with E-state index < -0.39 is 0 Å². The van der Waals surface area contributed by atoms with Crippen LogP contribution in [0.3, 0.4) is 0 Å². The van der Waals surface area contributed by atoms with Crippen LogP contribution in [0, 0.1) is 5.92 Å². The van der Waals surface area contributed by atoms with Crippen molar-refractivity contribution in [2.75, 3.05) is 26.7 Å². The van der Waals surface area contributed by atoms with Gasteiger partial charge in [-0.3, -0.25) is 9.88 Å². The number of rotatable bonds is 5. The minimum atomic E-state index is 0.814. The van der Waals surface area contributed by atoms with Gasteiger partial charge in [-0.05, 0) is 50.5 Å². The highest BCUT2D eigenvalue weighted by molar-refractivity contribution is 5.19. The summed E-state index contributed by atoms with van der Waals surface area (Å²) in [6.45, 7) is 6.78. The molecule has 0 amide bonds. The maximum absolute atomic E-state index is 4.53. The molecule has 1 aromatic heterocycles. The lowest BCUT2D eigenvalue weighted by molar-refractivity contribution is 0.310. The Morgan fingerprint density at radius 1 is 1.53 bits per heavy atom. The first kappa shape index (κ1) is 12.5. The fourth-order valence-corrected chi connectivity index (χ4v) is 2.66. The molecule has 1 aromatic rings. The maximum Gasteiger partial charge on any atom is 0.0575 e. The SMILES string of the molecule is CCc1cccnc1CN1CCC(CNC)C1. The second-order valence-corrected chi connectivity index (χ2v) is 4.91. The number of nitrogens with one attached hydrogen (secondary N) is 1. The largest absolute Gasteiger partial charge is 0.319 e. The van der Waals surface area contributed by atoms with Crippen LogP contribution in [-0.2, 0) is 13.0 Å². The van der Waals surface area contributed by atoms with E-state index in [9.17, 15) is 0 Å². The third-order valence-corrected chi connectivity index (χ3v) is 3.60. The Kier molecular flexibility index (Phi) is 4.51. The summed E-state index contributed by atoms with van der Waals surface area (Å²) in [5.74, 6) is 0.814. The van der Waals surface area contributed by atoms with Gasteiger partial charge in [-0.15, -0.1) is 0 Å². The lowest BCUT2D eigenvalue weighted by Crippen LogP contribution is -2.25. The van der Waals surface area contributed by atoms with Gasteiger partial charge in [0.1, 0.15) is 0 Å². The van der Waals surface area contributed by atoms with E-state index in [2.05, 4.69) is 28.2 Å². The van der Waals surface area contributed by atoms with Gasteiger partial charge in [-0.2, -0.15) is 0 Å². The van der Waals surface area contributed by atoms with Gasteiger partial charge in [0.05, 0.1) is 5.69 Å². The highest BCUT2D eigenvalue weighted by Gasteiger charge is 2.22. The quantitative estimate of drug-likeness (QED) is 0.839. The zero-order valence-corrected chi connectivity index (χ0v) is 10.9. The Morgan fingerprint density at radius 3 is 3.18 bits per heavy atom. The fourth-order valence-electron chi connectivity index (χ4n) is 2.66. The van der Waals surface area contributed by atoms with Gasteiger partial charge in [-0.25, -0.2) is 0 Å². The number of likely N-dealkylation sites (tertiary alicyclic amines) is 1. The molecule has 1 fully saturated rings. The van der Waals surface area contributed by atoms with Gasteiger partial charge in [0.2, 0.25) is 0 Å². The summed E-state index contributed by atoms with van der Waals surface area (Å²) in [6, 6.07) is 4.24. The van der Waals surface area contributed by atoms with E-state index in [0.29, 0.717) is 0 Å². The Morgan fingerprint density at radius 2 is 2.41 bits per heavy atom. The molecule has 0 spiro atoms. The number of hydrogen-bond donors (Lipinski definition) is 1. The topological polar surface area (TPSA) is 28.2 Å². The smallest absolute Gasteiger partial charge is 0.0575 e. The van der Waals surface area contributed by atoms with Crippen molar-refractivity contribution in [3.05, 3.63) is 29.6 Å². The van der Waals surface area contributed by atoms with Crippen LogP contribution in [0.5, 0.6) is 0 Å². The van der Waals surface area contributed by atoms with Crippen LogP contribution in [0.1, 0.15) is 24.6 Å². The molecule has 1 saturated heterocycles. The van der Waals surface area contributed by atoms with Gasteiger partial charge < -0.3 is 5.32 Å². The third kappa shape index (κ3) is 3.27. The molecule has 0 radical (unpaired) electrons. The van der Waals surface area contributed by atoms with Crippen LogP contribution < -0.4 is 5.32 Å². The zero-order valence-electron chi connectivity index (χ0n) is 10.9. The standard InChI is InChI=1S/C14H23N3/c1-3-13-5-4-7-16-14(13)11-17-8-6-12(10-17)9-15-2/h4-5,7,12,15H,3,6,8-11H2,1-2H3. The van der Waals surface area contributed by atoms with Crippen LogP contribution in [0.4, 0.5) is 0 Å². The second-order valence-electron chi connectivity index (χ2n) is 4.91. The minimum Gasteiger partial charge on any atom is -0.319 e. The molecule has 2 heterocycles.